The fourth-order valence-corrected chi connectivity index (χ4v) is 2.90. The third kappa shape index (κ3) is 3.43. The Morgan fingerprint density at radius 1 is 0.905 bits per heavy atom. The minimum Gasteiger partial charge on any atom is -0.468 e. The van der Waals surface area contributed by atoms with Crippen molar-refractivity contribution < 1.29 is 23.9 Å². The molecule has 6 nitrogen and oxygen atoms in total. The highest BCUT2D eigenvalue weighted by atomic mass is 16.5. The van der Waals surface area contributed by atoms with Crippen LogP contribution in [0.2, 0.25) is 0 Å². The summed E-state index contributed by atoms with van der Waals surface area (Å²) in [6, 6.07) is -0.698. The molecule has 0 aromatic carbocycles. The smallest absolute Gasteiger partial charge is 0.317 e. The van der Waals surface area contributed by atoms with E-state index in [0.29, 0.717) is 0 Å². The molecule has 1 aliphatic rings. The predicted molar refractivity (Wildman–Crippen MR) is 76.4 cm³/mol. The number of hydrogen-bond acceptors (Lipinski definition) is 6. The lowest BCUT2D eigenvalue weighted by molar-refractivity contribution is -0.162. The van der Waals surface area contributed by atoms with Gasteiger partial charge in [0.25, 0.3) is 0 Å². The van der Waals surface area contributed by atoms with Gasteiger partial charge in [0.15, 0.2) is 5.78 Å². The van der Waals surface area contributed by atoms with Crippen molar-refractivity contribution in [2.24, 2.45) is 23.7 Å². The minimum absolute atomic E-state index is 0.0536. The van der Waals surface area contributed by atoms with Crippen LogP contribution >= 0.6 is 0 Å². The van der Waals surface area contributed by atoms with Crippen LogP contribution in [-0.4, -0.2) is 44.0 Å². The van der Waals surface area contributed by atoms with Gasteiger partial charge >= 0.3 is 11.9 Å². The number of esters is 2. The van der Waals surface area contributed by atoms with Crippen LogP contribution in [0.15, 0.2) is 0 Å². The molecule has 4 atom stereocenters. The lowest BCUT2D eigenvalue weighted by Crippen LogP contribution is -2.64. The molecular weight excluding hydrogens is 274 g/mol. The Labute approximate surface area is 125 Å². The monoisotopic (exact) mass is 299 g/mol. The first kappa shape index (κ1) is 17.6. The van der Waals surface area contributed by atoms with Crippen molar-refractivity contribution >= 4 is 17.7 Å². The first-order chi connectivity index (χ1) is 9.76. The van der Waals surface area contributed by atoms with Crippen LogP contribution in [0.25, 0.3) is 0 Å². The van der Waals surface area contributed by atoms with Crippen molar-refractivity contribution in [1.82, 2.24) is 5.32 Å². The van der Waals surface area contributed by atoms with Crippen molar-refractivity contribution in [3.63, 3.8) is 0 Å². The van der Waals surface area contributed by atoms with Gasteiger partial charge in [-0.3, -0.25) is 14.4 Å². The van der Waals surface area contributed by atoms with Crippen LogP contribution in [0.1, 0.15) is 27.7 Å². The number of ether oxygens (including phenoxy) is 2. The van der Waals surface area contributed by atoms with E-state index in [-0.39, 0.29) is 23.9 Å². The fraction of sp³-hybridized carbons (Fsp3) is 0.800. The third-order valence-corrected chi connectivity index (χ3v) is 4.06. The minimum atomic E-state index is -0.978. The largest absolute Gasteiger partial charge is 0.468 e. The van der Waals surface area contributed by atoms with Crippen LogP contribution in [-0.2, 0) is 23.9 Å². The molecule has 120 valence electrons. The Hall–Kier alpha value is -1.43. The van der Waals surface area contributed by atoms with Gasteiger partial charge in [-0.15, -0.1) is 0 Å². The molecule has 0 amide bonds. The number of ketones is 1. The maximum atomic E-state index is 12.7. The lowest BCUT2D eigenvalue weighted by atomic mass is 9.72. The molecule has 0 radical (unpaired) electrons. The van der Waals surface area contributed by atoms with Crippen LogP contribution < -0.4 is 5.32 Å². The van der Waals surface area contributed by atoms with Gasteiger partial charge in [-0.25, -0.2) is 0 Å². The van der Waals surface area contributed by atoms with E-state index >= 15 is 0 Å². The summed E-state index contributed by atoms with van der Waals surface area (Å²) >= 11 is 0. The van der Waals surface area contributed by atoms with Crippen molar-refractivity contribution in [2.75, 3.05) is 14.2 Å². The highest BCUT2D eigenvalue weighted by molar-refractivity contribution is 6.10. The summed E-state index contributed by atoms with van der Waals surface area (Å²) in [5.41, 5.74) is 0. The van der Waals surface area contributed by atoms with Gasteiger partial charge in [0.1, 0.15) is 11.8 Å². The van der Waals surface area contributed by atoms with Gasteiger partial charge in [-0.1, -0.05) is 27.7 Å². The molecule has 21 heavy (non-hydrogen) atoms. The number of piperidine rings is 1. The van der Waals surface area contributed by atoms with E-state index in [1.807, 2.05) is 27.7 Å². The van der Waals surface area contributed by atoms with Crippen LogP contribution in [0.5, 0.6) is 0 Å². The molecule has 1 rings (SSSR count). The second kappa shape index (κ2) is 7.02. The normalized spacial score (nSPS) is 29.6. The molecule has 1 fully saturated rings. The molecule has 6 heteroatoms. The van der Waals surface area contributed by atoms with Crippen molar-refractivity contribution in [2.45, 2.75) is 39.8 Å². The fourth-order valence-electron chi connectivity index (χ4n) is 2.90. The van der Waals surface area contributed by atoms with Crippen LogP contribution in [0, 0.1) is 23.7 Å². The summed E-state index contributed by atoms with van der Waals surface area (Å²) in [6.45, 7) is 7.71. The highest BCUT2D eigenvalue weighted by Crippen LogP contribution is 2.31. The zero-order valence-corrected chi connectivity index (χ0v) is 13.5. The molecule has 0 aromatic heterocycles. The molecule has 0 aliphatic carbocycles. The molecule has 1 aliphatic heterocycles. The van der Waals surface area contributed by atoms with Gasteiger partial charge in [-0.2, -0.15) is 0 Å². The summed E-state index contributed by atoms with van der Waals surface area (Å²) < 4.78 is 9.49. The molecule has 1 N–H and O–H groups in total. The second-order valence-corrected chi connectivity index (χ2v) is 6.11. The molecule has 1 heterocycles. The number of carbonyl (C=O) groups is 3. The Morgan fingerprint density at radius 3 is 1.48 bits per heavy atom. The Morgan fingerprint density at radius 2 is 1.24 bits per heavy atom. The standard InChI is InChI=1S/C15H25NO5/c1-7(2)11-9(14(18)20-5)13(17)10(15(19)21-6)12(16-11)8(3)4/h7-12,16H,1-6H3/t9?,10?,11-,12+. The van der Waals surface area contributed by atoms with E-state index in [9.17, 15) is 14.4 Å². The van der Waals surface area contributed by atoms with E-state index in [0.717, 1.165) is 0 Å². The number of rotatable bonds is 4. The average molecular weight is 299 g/mol. The van der Waals surface area contributed by atoms with Crippen molar-refractivity contribution in [3.8, 4) is 0 Å². The summed E-state index contributed by atoms with van der Waals surface area (Å²) in [5, 5.41) is 3.29. The number of methoxy groups -OCH3 is 2. The van der Waals surface area contributed by atoms with Gasteiger partial charge in [-0.05, 0) is 11.8 Å². The number of carbonyl (C=O) groups excluding carboxylic acids is 3. The zero-order valence-electron chi connectivity index (χ0n) is 13.5. The second-order valence-electron chi connectivity index (χ2n) is 6.11. The number of nitrogens with one attached hydrogen (secondary N) is 1. The maximum absolute atomic E-state index is 12.7. The van der Waals surface area contributed by atoms with Crippen LogP contribution in [0.4, 0.5) is 0 Å². The number of hydrogen-bond donors (Lipinski definition) is 1. The summed E-state index contributed by atoms with van der Waals surface area (Å²) in [7, 11) is 2.49. The molecule has 2 unspecified atom stereocenters. The SMILES string of the molecule is COC(=O)C1C(=O)C(C(=O)OC)[C@H](C(C)C)N[C@@H]1C(C)C. The first-order valence-electron chi connectivity index (χ1n) is 7.21. The maximum Gasteiger partial charge on any atom is 0.317 e. The molecule has 0 bridgehead atoms. The van der Waals surface area contributed by atoms with E-state index in [2.05, 4.69) is 5.32 Å². The highest BCUT2D eigenvalue weighted by Gasteiger charge is 2.52. The molecular formula is C15H25NO5. The van der Waals surface area contributed by atoms with Gasteiger partial charge in [0, 0.05) is 12.1 Å². The van der Waals surface area contributed by atoms with E-state index < -0.39 is 29.6 Å². The molecule has 1 saturated heterocycles. The molecule has 0 saturated carbocycles. The van der Waals surface area contributed by atoms with E-state index in [1.54, 1.807) is 0 Å². The lowest BCUT2D eigenvalue weighted by Gasteiger charge is -2.42. The summed E-state index contributed by atoms with van der Waals surface area (Å²) in [6.07, 6.45) is 0. The van der Waals surface area contributed by atoms with Crippen molar-refractivity contribution in [1.29, 1.82) is 0 Å². The predicted octanol–water partition coefficient (Wildman–Crippen LogP) is 0.786. The Kier molecular flexibility index (Phi) is 5.89. The van der Waals surface area contributed by atoms with E-state index in [1.165, 1.54) is 14.2 Å². The molecule has 0 aromatic rings. The quantitative estimate of drug-likeness (QED) is 0.610. The molecule has 0 spiro atoms. The average Bonchev–Trinajstić information content (AvgIpc) is 2.44. The number of Topliss-reactive ketones (excluding diaryl/α,β-unsaturated/α-hetero) is 1. The van der Waals surface area contributed by atoms with Gasteiger partial charge in [0.2, 0.25) is 0 Å². The van der Waals surface area contributed by atoms with Gasteiger partial charge in [0.05, 0.1) is 14.2 Å². The van der Waals surface area contributed by atoms with Crippen LogP contribution in [0.3, 0.4) is 0 Å². The van der Waals surface area contributed by atoms with Crippen molar-refractivity contribution in [3.05, 3.63) is 0 Å². The first-order valence-corrected chi connectivity index (χ1v) is 7.21. The summed E-state index contributed by atoms with van der Waals surface area (Å²) in [5.74, 6) is -3.48. The summed E-state index contributed by atoms with van der Waals surface area (Å²) in [4.78, 5) is 36.7. The van der Waals surface area contributed by atoms with Gasteiger partial charge < -0.3 is 14.8 Å². The topological polar surface area (TPSA) is 81.7 Å². The Bertz CT molecular complexity index is 382. The van der Waals surface area contributed by atoms with E-state index in [4.69, 9.17) is 9.47 Å². The zero-order chi connectivity index (χ0) is 16.3. The Balaban J connectivity index is 3.24. The third-order valence-electron chi connectivity index (χ3n) is 4.06.